The largest absolute Gasteiger partial charge is 0.344 e. The van der Waals surface area contributed by atoms with E-state index in [0.717, 1.165) is 6.42 Å². The normalized spacial score (nSPS) is 19.8. The summed E-state index contributed by atoms with van der Waals surface area (Å²) >= 11 is 5.82. The summed E-state index contributed by atoms with van der Waals surface area (Å²) in [4.78, 5) is 25.5. The lowest BCUT2D eigenvalue weighted by atomic mass is 10.1. The van der Waals surface area contributed by atoms with E-state index in [-0.39, 0.29) is 29.8 Å². The highest BCUT2D eigenvalue weighted by Crippen LogP contribution is 2.24. The molecule has 1 heterocycles. The van der Waals surface area contributed by atoms with Crippen LogP contribution in [0.15, 0.2) is 18.2 Å². The Labute approximate surface area is 121 Å². The first kappa shape index (κ1) is 14.8. The lowest BCUT2D eigenvalue weighted by molar-refractivity contribution is -0.125. The summed E-state index contributed by atoms with van der Waals surface area (Å²) < 4.78 is 13.4. The fourth-order valence-corrected chi connectivity index (χ4v) is 2.49. The third-order valence-electron chi connectivity index (χ3n) is 3.20. The molecule has 20 heavy (non-hydrogen) atoms. The third kappa shape index (κ3) is 3.28. The molecule has 1 aliphatic heterocycles. The zero-order valence-electron chi connectivity index (χ0n) is 11.2. The van der Waals surface area contributed by atoms with Gasteiger partial charge in [0.1, 0.15) is 11.9 Å². The van der Waals surface area contributed by atoms with E-state index < -0.39 is 11.9 Å². The number of benzene rings is 1. The fraction of sp³-hybridized carbons (Fsp3) is 0.429. The third-order valence-corrected chi connectivity index (χ3v) is 3.42. The Morgan fingerprint density at radius 3 is 2.80 bits per heavy atom. The van der Waals surface area contributed by atoms with Crippen LogP contribution in [-0.2, 0) is 9.59 Å². The summed E-state index contributed by atoms with van der Waals surface area (Å²) in [6, 6.07) is 3.40. The molecule has 1 aromatic carbocycles. The van der Waals surface area contributed by atoms with Gasteiger partial charge in [0.25, 0.3) is 0 Å². The molecule has 108 valence electrons. The summed E-state index contributed by atoms with van der Waals surface area (Å²) in [6.45, 7) is 2.17. The molecule has 0 saturated carbocycles. The lowest BCUT2D eigenvalue weighted by Crippen LogP contribution is -2.44. The van der Waals surface area contributed by atoms with Crippen molar-refractivity contribution in [2.24, 2.45) is 0 Å². The SMILES string of the molecule is CCCC1NC(=O)CCN(c2cc(F)cc(Cl)c2)C1=O. The number of hydrogen-bond acceptors (Lipinski definition) is 2. The van der Waals surface area contributed by atoms with Crippen LogP contribution in [0.2, 0.25) is 5.02 Å². The number of carbonyl (C=O) groups is 2. The number of amides is 2. The van der Waals surface area contributed by atoms with Crippen LogP contribution < -0.4 is 10.2 Å². The zero-order chi connectivity index (χ0) is 14.7. The molecule has 0 radical (unpaired) electrons. The van der Waals surface area contributed by atoms with Crippen molar-refractivity contribution in [1.82, 2.24) is 5.32 Å². The summed E-state index contributed by atoms with van der Waals surface area (Å²) in [5.74, 6) is -0.892. The Hall–Kier alpha value is -1.62. The van der Waals surface area contributed by atoms with Crippen LogP contribution >= 0.6 is 11.6 Å². The predicted molar refractivity (Wildman–Crippen MR) is 75.2 cm³/mol. The van der Waals surface area contributed by atoms with E-state index in [9.17, 15) is 14.0 Å². The van der Waals surface area contributed by atoms with E-state index in [0.29, 0.717) is 12.1 Å². The van der Waals surface area contributed by atoms with Crippen molar-refractivity contribution in [3.05, 3.63) is 29.0 Å². The zero-order valence-corrected chi connectivity index (χ0v) is 11.9. The minimum Gasteiger partial charge on any atom is -0.344 e. The van der Waals surface area contributed by atoms with Crippen LogP contribution in [0.25, 0.3) is 0 Å². The van der Waals surface area contributed by atoms with E-state index >= 15 is 0 Å². The quantitative estimate of drug-likeness (QED) is 0.932. The second kappa shape index (κ2) is 6.22. The van der Waals surface area contributed by atoms with Crippen molar-refractivity contribution in [3.8, 4) is 0 Å². The molecular weight excluding hydrogens is 283 g/mol. The molecule has 1 atom stereocenters. The maximum Gasteiger partial charge on any atom is 0.249 e. The molecule has 2 amide bonds. The predicted octanol–water partition coefficient (Wildman–Crippen LogP) is 2.50. The Bertz CT molecular complexity index is 516. The van der Waals surface area contributed by atoms with E-state index in [1.165, 1.54) is 23.1 Å². The molecule has 1 N–H and O–H groups in total. The first-order valence-electron chi connectivity index (χ1n) is 6.58. The molecule has 1 aliphatic rings. The molecule has 0 bridgehead atoms. The molecular formula is C14H16ClFN2O2. The van der Waals surface area contributed by atoms with Gasteiger partial charge in [0.15, 0.2) is 0 Å². The molecule has 1 aromatic rings. The maximum atomic E-state index is 13.4. The van der Waals surface area contributed by atoms with Crippen LogP contribution in [0, 0.1) is 5.82 Å². The van der Waals surface area contributed by atoms with Gasteiger partial charge in [-0.2, -0.15) is 0 Å². The number of nitrogens with one attached hydrogen (secondary N) is 1. The first-order valence-corrected chi connectivity index (χ1v) is 6.96. The minimum absolute atomic E-state index is 0.165. The van der Waals surface area contributed by atoms with Gasteiger partial charge >= 0.3 is 0 Å². The first-order chi connectivity index (χ1) is 9.51. The molecule has 1 fully saturated rings. The van der Waals surface area contributed by atoms with Crippen molar-refractivity contribution in [3.63, 3.8) is 0 Å². The van der Waals surface area contributed by atoms with Gasteiger partial charge in [-0.05, 0) is 24.6 Å². The van der Waals surface area contributed by atoms with Crippen molar-refractivity contribution < 1.29 is 14.0 Å². The average molecular weight is 299 g/mol. The highest BCUT2D eigenvalue weighted by atomic mass is 35.5. The molecule has 4 nitrogen and oxygen atoms in total. The number of anilines is 1. The van der Waals surface area contributed by atoms with Crippen LogP contribution in [0.4, 0.5) is 10.1 Å². The standard InChI is InChI=1S/C14H16ClFN2O2/c1-2-3-12-14(20)18(5-4-13(19)17-12)11-7-9(15)6-10(16)8-11/h6-8,12H,2-5H2,1H3,(H,17,19). The van der Waals surface area contributed by atoms with Crippen molar-refractivity contribution >= 4 is 29.1 Å². The van der Waals surface area contributed by atoms with Crippen molar-refractivity contribution in [2.75, 3.05) is 11.4 Å². The smallest absolute Gasteiger partial charge is 0.249 e. The summed E-state index contributed by atoms with van der Waals surface area (Å²) in [5.41, 5.74) is 0.387. The van der Waals surface area contributed by atoms with Crippen molar-refractivity contribution in [1.29, 1.82) is 0 Å². The summed E-state index contributed by atoms with van der Waals surface area (Å²) in [6.07, 6.45) is 1.53. The van der Waals surface area contributed by atoms with Crippen LogP contribution in [0.5, 0.6) is 0 Å². The molecule has 2 rings (SSSR count). The number of carbonyl (C=O) groups excluding carboxylic acids is 2. The van der Waals surface area contributed by atoms with Gasteiger partial charge in [0.2, 0.25) is 11.8 Å². The minimum atomic E-state index is -0.558. The van der Waals surface area contributed by atoms with Gasteiger partial charge in [-0.1, -0.05) is 24.9 Å². The van der Waals surface area contributed by atoms with Gasteiger partial charge in [0, 0.05) is 23.7 Å². The highest BCUT2D eigenvalue weighted by molar-refractivity contribution is 6.31. The molecule has 1 unspecified atom stereocenters. The van der Waals surface area contributed by atoms with E-state index in [4.69, 9.17) is 11.6 Å². The molecule has 6 heteroatoms. The highest BCUT2D eigenvalue weighted by Gasteiger charge is 2.30. The summed E-state index contributed by atoms with van der Waals surface area (Å²) in [7, 11) is 0. The van der Waals surface area contributed by atoms with Crippen LogP contribution in [0.3, 0.4) is 0 Å². The van der Waals surface area contributed by atoms with Gasteiger partial charge < -0.3 is 10.2 Å². The van der Waals surface area contributed by atoms with E-state index in [2.05, 4.69) is 5.32 Å². The number of halogens is 2. The maximum absolute atomic E-state index is 13.4. The number of nitrogens with zero attached hydrogens (tertiary/aromatic N) is 1. The van der Waals surface area contributed by atoms with E-state index in [1.807, 2.05) is 6.92 Å². The van der Waals surface area contributed by atoms with Crippen molar-refractivity contribution in [2.45, 2.75) is 32.2 Å². The molecule has 0 spiro atoms. The van der Waals surface area contributed by atoms with Crippen LogP contribution in [-0.4, -0.2) is 24.4 Å². The fourth-order valence-electron chi connectivity index (χ4n) is 2.28. The van der Waals surface area contributed by atoms with Gasteiger partial charge in [-0.25, -0.2) is 4.39 Å². The topological polar surface area (TPSA) is 49.4 Å². The Morgan fingerprint density at radius 1 is 1.40 bits per heavy atom. The molecule has 1 saturated heterocycles. The average Bonchev–Trinajstić information content (AvgIpc) is 2.49. The second-order valence-electron chi connectivity index (χ2n) is 4.78. The van der Waals surface area contributed by atoms with Crippen LogP contribution in [0.1, 0.15) is 26.2 Å². The molecule has 0 aliphatic carbocycles. The van der Waals surface area contributed by atoms with Gasteiger partial charge in [0.05, 0.1) is 0 Å². The Balaban J connectivity index is 2.33. The van der Waals surface area contributed by atoms with E-state index in [1.54, 1.807) is 0 Å². The number of hydrogen-bond donors (Lipinski definition) is 1. The number of rotatable bonds is 3. The monoisotopic (exact) mass is 298 g/mol. The van der Waals surface area contributed by atoms with Gasteiger partial charge in [-0.15, -0.1) is 0 Å². The Morgan fingerprint density at radius 2 is 2.15 bits per heavy atom. The lowest BCUT2D eigenvalue weighted by Gasteiger charge is -2.24. The Kier molecular flexibility index (Phi) is 4.60. The molecule has 0 aromatic heterocycles. The second-order valence-corrected chi connectivity index (χ2v) is 5.21. The van der Waals surface area contributed by atoms with Gasteiger partial charge in [-0.3, -0.25) is 9.59 Å². The summed E-state index contributed by atoms with van der Waals surface area (Å²) in [5, 5.41) is 2.93.